The molecule has 1 N–H and O–H groups in total. The quantitative estimate of drug-likeness (QED) is 0.682. The molecule has 2 heterocycles. The highest BCUT2D eigenvalue weighted by atomic mass is 16.4. The predicted molar refractivity (Wildman–Crippen MR) is 52.7 cm³/mol. The van der Waals surface area contributed by atoms with Gasteiger partial charge in [-0.1, -0.05) is 0 Å². The molecule has 4 nitrogen and oxygen atoms in total. The van der Waals surface area contributed by atoms with E-state index in [0.29, 0.717) is 6.54 Å². The number of rotatable bonds is 0. The van der Waals surface area contributed by atoms with Gasteiger partial charge in [0, 0.05) is 12.7 Å². The van der Waals surface area contributed by atoms with Gasteiger partial charge >= 0.3 is 6.09 Å². The third-order valence-electron chi connectivity index (χ3n) is 2.50. The molecule has 0 unspecified atom stereocenters. The van der Waals surface area contributed by atoms with E-state index < -0.39 is 6.09 Å². The monoisotopic (exact) mass is 192 g/mol. The number of carboxylic acid groups (broad SMARTS) is 1. The first-order chi connectivity index (χ1) is 6.70. The van der Waals surface area contributed by atoms with Crippen molar-refractivity contribution in [2.75, 3.05) is 11.4 Å². The molecule has 0 spiro atoms. The molecule has 1 aliphatic rings. The Morgan fingerprint density at radius 2 is 2.43 bits per heavy atom. The maximum Gasteiger partial charge on any atom is 0.411 e. The van der Waals surface area contributed by atoms with E-state index in [0.717, 1.165) is 29.8 Å². The number of carbonyl (C=O) groups is 1. The number of amides is 1. The van der Waals surface area contributed by atoms with E-state index in [2.05, 4.69) is 4.98 Å². The summed E-state index contributed by atoms with van der Waals surface area (Å²) in [6, 6.07) is 1.85. The van der Waals surface area contributed by atoms with Crippen LogP contribution >= 0.6 is 0 Å². The van der Waals surface area contributed by atoms with Crippen LogP contribution in [0.15, 0.2) is 12.3 Å². The van der Waals surface area contributed by atoms with Gasteiger partial charge in [-0.05, 0) is 31.4 Å². The summed E-state index contributed by atoms with van der Waals surface area (Å²) < 4.78 is 0. The van der Waals surface area contributed by atoms with E-state index in [9.17, 15) is 4.79 Å². The van der Waals surface area contributed by atoms with Gasteiger partial charge in [0.1, 0.15) is 0 Å². The molecule has 74 valence electrons. The van der Waals surface area contributed by atoms with E-state index in [1.807, 2.05) is 13.0 Å². The van der Waals surface area contributed by atoms with Crippen molar-refractivity contribution in [1.29, 1.82) is 0 Å². The first kappa shape index (κ1) is 8.99. The molecule has 0 aromatic carbocycles. The number of anilines is 1. The molecule has 2 rings (SSSR count). The van der Waals surface area contributed by atoms with Crippen molar-refractivity contribution in [1.82, 2.24) is 4.98 Å². The molecular weight excluding hydrogens is 180 g/mol. The number of aromatic nitrogens is 1. The fourth-order valence-corrected chi connectivity index (χ4v) is 1.87. The Morgan fingerprint density at radius 1 is 1.64 bits per heavy atom. The molecule has 0 saturated carbocycles. The highest BCUT2D eigenvalue weighted by molar-refractivity contribution is 5.88. The van der Waals surface area contributed by atoms with Crippen LogP contribution in [0, 0.1) is 6.92 Å². The van der Waals surface area contributed by atoms with Gasteiger partial charge in [0.15, 0.2) is 0 Å². The minimum atomic E-state index is -0.887. The summed E-state index contributed by atoms with van der Waals surface area (Å²) in [4.78, 5) is 16.6. The number of aryl methyl sites for hydroxylation is 2. The molecule has 1 aromatic heterocycles. The zero-order valence-corrected chi connectivity index (χ0v) is 8.03. The van der Waals surface area contributed by atoms with Gasteiger partial charge < -0.3 is 5.11 Å². The minimum absolute atomic E-state index is 0.578. The number of nitrogens with zero attached hydrogens (tertiary/aromatic N) is 2. The normalized spacial score (nSPS) is 15.1. The fraction of sp³-hybridized carbons (Fsp3) is 0.400. The first-order valence-electron chi connectivity index (χ1n) is 4.65. The Morgan fingerprint density at radius 3 is 3.14 bits per heavy atom. The Bertz CT molecular complexity index is 376. The minimum Gasteiger partial charge on any atom is -0.465 e. The van der Waals surface area contributed by atoms with Gasteiger partial charge in [0.2, 0.25) is 0 Å². The largest absolute Gasteiger partial charge is 0.465 e. The lowest BCUT2D eigenvalue weighted by molar-refractivity contribution is 0.201. The van der Waals surface area contributed by atoms with Crippen molar-refractivity contribution in [2.24, 2.45) is 0 Å². The molecule has 0 saturated heterocycles. The van der Waals surface area contributed by atoms with Crippen molar-refractivity contribution < 1.29 is 9.90 Å². The van der Waals surface area contributed by atoms with E-state index >= 15 is 0 Å². The van der Waals surface area contributed by atoms with Crippen LogP contribution in [0.5, 0.6) is 0 Å². The average Bonchev–Trinajstić information content (AvgIpc) is 2.17. The zero-order chi connectivity index (χ0) is 10.1. The van der Waals surface area contributed by atoms with Crippen LogP contribution in [-0.4, -0.2) is 22.7 Å². The lowest BCUT2D eigenvalue weighted by Gasteiger charge is -2.27. The maximum absolute atomic E-state index is 11.0. The van der Waals surface area contributed by atoms with E-state index in [4.69, 9.17) is 5.11 Å². The number of hydrogen-bond donors (Lipinski definition) is 1. The summed E-state index contributed by atoms with van der Waals surface area (Å²) >= 11 is 0. The molecule has 0 atom stereocenters. The standard InChI is InChI=1S/C10H12N2O2/c1-7-4-5-11-8-3-2-6-12(9(7)8)10(13)14/h4-5H,2-3,6H2,1H3,(H,13,14). The van der Waals surface area contributed by atoms with Crippen LogP contribution in [0.3, 0.4) is 0 Å². The topological polar surface area (TPSA) is 53.4 Å². The van der Waals surface area contributed by atoms with Gasteiger partial charge in [-0.2, -0.15) is 0 Å². The van der Waals surface area contributed by atoms with Gasteiger partial charge in [0.05, 0.1) is 11.4 Å². The summed E-state index contributed by atoms with van der Waals surface area (Å²) in [5, 5.41) is 9.01. The second kappa shape index (κ2) is 3.29. The van der Waals surface area contributed by atoms with Crippen LogP contribution < -0.4 is 4.90 Å². The van der Waals surface area contributed by atoms with Crippen LogP contribution in [0.4, 0.5) is 10.5 Å². The second-order valence-electron chi connectivity index (χ2n) is 3.46. The zero-order valence-electron chi connectivity index (χ0n) is 8.03. The molecule has 0 radical (unpaired) electrons. The summed E-state index contributed by atoms with van der Waals surface area (Å²) in [6.07, 6.45) is 2.58. The van der Waals surface area contributed by atoms with Crippen molar-refractivity contribution in [3.05, 3.63) is 23.5 Å². The Kier molecular flexibility index (Phi) is 2.11. The SMILES string of the molecule is Cc1ccnc2c1N(C(=O)O)CCC2. The smallest absolute Gasteiger partial charge is 0.411 e. The van der Waals surface area contributed by atoms with E-state index in [1.54, 1.807) is 6.20 Å². The van der Waals surface area contributed by atoms with E-state index in [-0.39, 0.29) is 0 Å². The maximum atomic E-state index is 11.0. The number of fused-ring (bicyclic) bond motifs is 1. The number of hydrogen-bond acceptors (Lipinski definition) is 2. The van der Waals surface area contributed by atoms with Crippen molar-refractivity contribution in [2.45, 2.75) is 19.8 Å². The lowest BCUT2D eigenvalue weighted by Crippen LogP contribution is -2.35. The summed E-state index contributed by atoms with van der Waals surface area (Å²) in [5.41, 5.74) is 2.67. The van der Waals surface area contributed by atoms with Crippen molar-refractivity contribution in [3.63, 3.8) is 0 Å². The van der Waals surface area contributed by atoms with Gasteiger partial charge in [-0.25, -0.2) is 4.79 Å². The van der Waals surface area contributed by atoms with Gasteiger partial charge in [-0.15, -0.1) is 0 Å². The molecule has 1 aliphatic heterocycles. The van der Waals surface area contributed by atoms with E-state index in [1.165, 1.54) is 4.90 Å². The molecule has 14 heavy (non-hydrogen) atoms. The predicted octanol–water partition coefficient (Wildman–Crippen LogP) is 1.82. The molecule has 0 fully saturated rings. The first-order valence-corrected chi connectivity index (χ1v) is 4.65. The third kappa shape index (κ3) is 1.32. The highest BCUT2D eigenvalue weighted by Gasteiger charge is 2.24. The van der Waals surface area contributed by atoms with Crippen molar-refractivity contribution >= 4 is 11.8 Å². The van der Waals surface area contributed by atoms with Gasteiger partial charge in [0.25, 0.3) is 0 Å². The summed E-state index contributed by atoms with van der Waals surface area (Å²) in [5.74, 6) is 0. The Labute approximate surface area is 82.2 Å². The molecule has 0 bridgehead atoms. The molecule has 1 amide bonds. The van der Waals surface area contributed by atoms with Crippen LogP contribution in [0.1, 0.15) is 17.7 Å². The molecular formula is C10H12N2O2. The fourth-order valence-electron chi connectivity index (χ4n) is 1.87. The summed E-state index contributed by atoms with van der Waals surface area (Å²) in [6.45, 7) is 2.50. The van der Waals surface area contributed by atoms with Crippen LogP contribution in [0.25, 0.3) is 0 Å². The van der Waals surface area contributed by atoms with Gasteiger partial charge in [-0.3, -0.25) is 9.88 Å². The molecule has 0 aliphatic carbocycles. The third-order valence-corrected chi connectivity index (χ3v) is 2.50. The Balaban J connectivity index is 2.52. The number of pyridine rings is 1. The highest BCUT2D eigenvalue weighted by Crippen LogP contribution is 2.28. The molecule has 4 heteroatoms. The molecule has 1 aromatic rings. The second-order valence-corrected chi connectivity index (χ2v) is 3.46. The lowest BCUT2D eigenvalue weighted by atomic mass is 10.0. The summed E-state index contributed by atoms with van der Waals surface area (Å²) in [7, 11) is 0. The van der Waals surface area contributed by atoms with Crippen LogP contribution in [-0.2, 0) is 6.42 Å². The van der Waals surface area contributed by atoms with Crippen molar-refractivity contribution in [3.8, 4) is 0 Å². The van der Waals surface area contributed by atoms with Crippen LogP contribution in [0.2, 0.25) is 0 Å². The average molecular weight is 192 g/mol. The Hall–Kier alpha value is -1.58.